The summed E-state index contributed by atoms with van der Waals surface area (Å²) in [6.45, 7) is 2.08. The molecule has 0 amide bonds. The van der Waals surface area contributed by atoms with Crippen LogP contribution in [0.3, 0.4) is 0 Å². The summed E-state index contributed by atoms with van der Waals surface area (Å²) in [5.74, 6) is -0.778. The Hall–Kier alpha value is -1.90. The Morgan fingerprint density at radius 1 is 1.18 bits per heavy atom. The fraction of sp³-hybridized carbons (Fsp3) is 0.231. The summed E-state index contributed by atoms with van der Waals surface area (Å²) in [5.41, 5.74) is -0.812. The van der Waals surface area contributed by atoms with Crippen LogP contribution in [-0.4, -0.2) is 16.5 Å². The second-order valence-corrected chi connectivity index (χ2v) is 5.10. The van der Waals surface area contributed by atoms with E-state index in [0.29, 0.717) is 6.54 Å². The third kappa shape index (κ3) is 4.06. The van der Waals surface area contributed by atoms with Gasteiger partial charge in [-0.2, -0.15) is 18.2 Å². The van der Waals surface area contributed by atoms with Crippen LogP contribution in [0.25, 0.3) is 0 Å². The van der Waals surface area contributed by atoms with Crippen molar-refractivity contribution in [1.82, 2.24) is 9.97 Å². The van der Waals surface area contributed by atoms with Gasteiger partial charge in [-0.3, -0.25) is 0 Å². The number of nitrogens with zero attached hydrogens (tertiary/aromatic N) is 2. The quantitative estimate of drug-likeness (QED) is 0.765. The summed E-state index contributed by atoms with van der Waals surface area (Å²) >= 11 is 3.00. The molecular weight excluding hydrogens is 368 g/mol. The molecule has 2 N–H and O–H groups in total. The smallest absolute Gasteiger partial charge is 0.354 e. The summed E-state index contributed by atoms with van der Waals surface area (Å²) < 4.78 is 52.2. The minimum absolute atomic E-state index is 0.0833. The molecule has 0 saturated heterocycles. The molecule has 118 valence electrons. The van der Waals surface area contributed by atoms with Crippen molar-refractivity contribution >= 4 is 33.4 Å². The molecule has 0 unspecified atom stereocenters. The maximum atomic E-state index is 13.4. The number of aromatic nitrogens is 2. The van der Waals surface area contributed by atoms with E-state index in [1.807, 2.05) is 0 Å². The highest BCUT2D eigenvalue weighted by Gasteiger charge is 2.33. The Morgan fingerprint density at radius 2 is 1.91 bits per heavy atom. The topological polar surface area (TPSA) is 49.8 Å². The summed E-state index contributed by atoms with van der Waals surface area (Å²) in [6, 6.07) is 4.86. The van der Waals surface area contributed by atoms with Crippen LogP contribution in [-0.2, 0) is 6.18 Å². The predicted octanol–water partition coefficient (Wildman–Crippen LogP) is 4.57. The molecule has 0 bridgehead atoms. The van der Waals surface area contributed by atoms with Crippen molar-refractivity contribution in [2.45, 2.75) is 13.1 Å². The Kier molecular flexibility index (Phi) is 4.84. The first kappa shape index (κ1) is 16.5. The second-order valence-electron chi connectivity index (χ2n) is 4.24. The summed E-state index contributed by atoms with van der Waals surface area (Å²) in [5, 5.41) is 5.25. The van der Waals surface area contributed by atoms with Crippen molar-refractivity contribution in [3.63, 3.8) is 0 Å². The molecule has 22 heavy (non-hydrogen) atoms. The molecule has 2 rings (SSSR count). The van der Waals surface area contributed by atoms with E-state index < -0.39 is 17.7 Å². The van der Waals surface area contributed by atoms with Gasteiger partial charge in [-0.05, 0) is 41.1 Å². The molecule has 1 aromatic carbocycles. The van der Waals surface area contributed by atoms with Gasteiger partial charge in [0.15, 0.2) is 5.69 Å². The number of alkyl halides is 3. The van der Waals surface area contributed by atoms with E-state index in [1.54, 1.807) is 6.92 Å². The van der Waals surface area contributed by atoms with Gasteiger partial charge in [0.1, 0.15) is 11.6 Å². The maximum Gasteiger partial charge on any atom is 0.433 e. The molecule has 9 heteroatoms. The van der Waals surface area contributed by atoms with E-state index in [2.05, 4.69) is 36.5 Å². The van der Waals surface area contributed by atoms with E-state index in [-0.39, 0.29) is 21.9 Å². The number of halogens is 5. The first-order valence-electron chi connectivity index (χ1n) is 6.22. The number of anilines is 3. The fourth-order valence-corrected chi connectivity index (χ4v) is 1.86. The first-order chi connectivity index (χ1) is 10.3. The average Bonchev–Trinajstić information content (AvgIpc) is 2.42. The fourth-order valence-electron chi connectivity index (χ4n) is 1.62. The average molecular weight is 379 g/mol. The van der Waals surface area contributed by atoms with Gasteiger partial charge >= 0.3 is 6.18 Å². The Bertz CT molecular complexity index is 676. The van der Waals surface area contributed by atoms with Gasteiger partial charge in [-0.1, -0.05) is 0 Å². The monoisotopic (exact) mass is 378 g/mol. The van der Waals surface area contributed by atoms with Crippen LogP contribution in [0.2, 0.25) is 0 Å². The van der Waals surface area contributed by atoms with Crippen LogP contribution in [0.5, 0.6) is 0 Å². The molecule has 0 aliphatic rings. The van der Waals surface area contributed by atoms with Gasteiger partial charge in [0.05, 0.1) is 4.47 Å². The zero-order valence-electron chi connectivity index (χ0n) is 11.3. The number of nitrogens with one attached hydrogen (secondary N) is 2. The lowest BCUT2D eigenvalue weighted by molar-refractivity contribution is -0.141. The molecule has 1 aromatic heterocycles. The standard InChI is InChI=1S/C13H11BrF4N4/c1-2-19-12-21-10(13(16,17)18)6-11(22-12)20-7-3-4-8(14)9(15)5-7/h3-6H,2H2,1H3,(H2,19,20,21,22). The highest BCUT2D eigenvalue weighted by Crippen LogP contribution is 2.30. The molecule has 0 atom stereocenters. The second kappa shape index (κ2) is 6.47. The van der Waals surface area contributed by atoms with Crippen molar-refractivity contribution in [2.24, 2.45) is 0 Å². The van der Waals surface area contributed by atoms with Crippen molar-refractivity contribution in [3.8, 4) is 0 Å². The van der Waals surface area contributed by atoms with E-state index in [4.69, 9.17) is 0 Å². The number of hydrogen-bond acceptors (Lipinski definition) is 4. The molecule has 0 saturated carbocycles. The highest BCUT2D eigenvalue weighted by molar-refractivity contribution is 9.10. The van der Waals surface area contributed by atoms with Crippen molar-refractivity contribution < 1.29 is 17.6 Å². The lowest BCUT2D eigenvalue weighted by Gasteiger charge is -2.12. The minimum atomic E-state index is -4.60. The van der Waals surface area contributed by atoms with E-state index in [0.717, 1.165) is 12.1 Å². The third-order valence-corrected chi connectivity index (χ3v) is 3.19. The zero-order chi connectivity index (χ0) is 16.3. The van der Waals surface area contributed by atoms with Crippen LogP contribution >= 0.6 is 15.9 Å². The van der Waals surface area contributed by atoms with Gasteiger partial charge in [-0.25, -0.2) is 9.37 Å². The van der Waals surface area contributed by atoms with E-state index in [9.17, 15) is 17.6 Å². The molecule has 2 aromatic rings. The molecule has 4 nitrogen and oxygen atoms in total. The predicted molar refractivity (Wildman–Crippen MR) is 78.6 cm³/mol. The maximum absolute atomic E-state index is 13.4. The largest absolute Gasteiger partial charge is 0.433 e. The molecule has 1 heterocycles. The van der Waals surface area contributed by atoms with Crippen molar-refractivity contribution in [2.75, 3.05) is 17.2 Å². The van der Waals surface area contributed by atoms with Crippen LogP contribution < -0.4 is 10.6 Å². The Balaban J connectivity index is 2.36. The number of benzene rings is 1. The van der Waals surface area contributed by atoms with Gasteiger partial charge in [0.2, 0.25) is 5.95 Å². The summed E-state index contributed by atoms with van der Waals surface area (Å²) in [4.78, 5) is 7.32. The van der Waals surface area contributed by atoms with Gasteiger partial charge in [-0.15, -0.1) is 0 Å². The minimum Gasteiger partial charge on any atom is -0.354 e. The lowest BCUT2D eigenvalue weighted by atomic mass is 10.3. The van der Waals surface area contributed by atoms with Gasteiger partial charge in [0, 0.05) is 18.3 Å². The summed E-state index contributed by atoms with van der Waals surface area (Å²) in [7, 11) is 0. The van der Waals surface area contributed by atoms with Gasteiger partial charge in [0.25, 0.3) is 0 Å². The molecule has 0 aliphatic carbocycles. The Labute approximate surface area is 132 Å². The molecular formula is C13H11BrF4N4. The van der Waals surface area contributed by atoms with Crippen molar-refractivity contribution in [3.05, 3.63) is 40.2 Å². The lowest BCUT2D eigenvalue weighted by Crippen LogP contribution is -2.13. The van der Waals surface area contributed by atoms with Crippen molar-refractivity contribution in [1.29, 1.82) is 0 Å². The van der Waals surface area contributed by atoms with Crippen LogP contribution in [0.15, 0.2) is 28.7 Å². The number of rotatable bonds is 4. The highest BCUT2D eigenvalue weighted by atomic mass is 79.9. The molecule has 0 fully saturated rings. The Morgan fingerprint density at radius 3 is 2.50 bits per heavy atom. The van der Waals surface area contributed by atoms with Gasteiger partial charge < -0.3 is 10.6 Å². The molecule has 0 spiro atoms. The first-order valence-corrected chi connectivity index (χ1v) is 7.01. The zero-order valence-corrected chi connectivity index (χ0v) is 12.9. The van der Waals surface area contributed by atoms with Crippen LogP contribution in [0.1, 0.15) is 12.6 Å². The van der Waals surface area contributed by atoms with Crippen LogP contribution in [0, 0.1) is 5.82 Å². The molecule has 0 radical (unpaired) electrons. The van der Waals surface area contributed by atoms with Crippen LogP contribution in [0.4, 0.5) is 35.0 Å². The van der Waals surface area contributed by atoms with E-state index in [1.165, 1.54) is 12.1 Å². The SMILES string of the molecule is CCNc1nc(Nc2ccc(Br)c(F)c2)cc(C(F)(F)F)n1. The third-order valence-electron chi connectivity index (χ3n) is 2.54. The summed E-state index contributed by atoms with van der Waals surface area (Å²) in [6.07, 6.45) is -4.60. The number of hydrogen-bond donors (Lipinski definition) is 2. The molecule has 0 aliphatic heterocycles. The normalized spacial score (nSPS) is 11.4. The van der Waals surface area contributed by atoms with E-state index >= 15 is 0 Å².